The van der Waals surface area contributed by atoms with E-state index in [2.05, 4.69) is 38.5 Å². The molecule has 0 heterocycles. The average molecular weight is 388 g/mol. The highest BCUT2D eigenvalue weighted by molar-refractivity contribution is 14.1. The van der Waals surface area contributed by atoms with Crippen molar-refractivity contribution in [3.63, 3.8) is 0 Å². The van der Waals surface area contributed by atoms with Gasteiger partial charge in [0.1, 0.15) is 0 Å². The summed E-state index contributed by atoms with van der Waals surface area (Å²) >= 11 is 11.2. The molecule has 0 saturated heterocycles. The number of rotatable bonds is 3. The van der Waals surface area contributed by atoms with Crippen molar-refractivity contribution in [3.8, 4) is 0 Å². The number of benzene rings is 1. The number of carbonyl (C=O) groups excluding carboxylic acids is 1. The van der Waals surface area contributed by atoms with Crippen LogP contribution in [-0.4, -0.2) is 10.7 Å². The van der Waals surface area contributed by atoms with Crippen LogP contribution >= 0.6 is 50.1 Å². The minimum atomic E-state index is -0.351. The number of amides is 1. The van der Waals surface area contributed by atoms with Gasteiger partial charge in [-0.05, 0) is 46.7 Å². The van der Waals surface area contributed by atoms with Gasteiger partial charge in [0.05, 0.1) is 4.83 Å². The van der Waals surface area contributed by atoms with Crippen molar-refractivity contribution >= 4 is 56.0 Å². The van der Waals surface area contributed by atoms with Crippen molar-refractivity contribution in [2.45, 2.75) is 11.2 Å². The Bertz CT molecular complexity index is 359. The fourth-order valence-electron chi connectivity index (χ4n) is 0.981. The van der Waals surface area contributed by atoms with E-state index < -0.39 is 0 Å². The SMILES string of the molecule is NC(=O)C(Br)Cc1ccc(Cl)cc1I. The van der Waals surface area contributed by atoms with Gasteiger partial charge in [0.2, 0.25) is 5.91 Å². The summed E-state index contributed by atoms with van der Waals surface area (Å²) in [5.74, 6) is -0.351. The summed E-state index contributed by atoms with van der Waals surface area (Å²) in [7, 11) is 0. The lowest BCUT2D eigenvalue weighted by atomic mass is 10.1. The third-order valence-electron chi connectivity index (χ3n) is 1.72. The van der Waals surface area contributed by atoms with Crippen molar-refractivity contribution in [1.82, 2.24) is 0 Å². The lowest BCUT2D eigenvalue weighted by Gasteiger charge is -2.07. The zero-order chi connectivity index (χ0) is 10.7. The maximum absolute atomic E-state index is 10.8. The van der Waals surface area contributed by atoms with Crippen LogP contribution in [0.15, 0.2) is 18.2 Å². The van der Waals surface area contributed by atoms with Crippen LogP contribution in [0.2, 0.25) is 5.02 Å². The third kappa shape index (κ3) is 3.40. The first-order valence-electron chi connectivity index (χ1n) is 3.88. The number of primary amides is 1. The minimum absolute atomic E-state index is 0.322. The van der Waals surface area contributed by atoms with Gasteiger partial charge in [-0.3, -0.25) is 4.79 Å². The van der Waals surface area contributed by atoms with Crippen molar-refractivity contribution < 1.29 is 4.79 Å². The molecule has 1 rings (SSSR count). The predicted molar refractivity (Wildman–Crippen MR) is 69.8 cm³/mol. The van der Waals surface area contributed by atoms with E-state index >= 15 is 0 Å². The minimum Gasteiger partial charge on any atom is -0.369 e. The van der Waals surface area contributed by atoms with Gasteiger partial charge in [0.25, 0.3) is 0 Å². The lowest BCUT2D eigenvalue weighted by molar-refractivity contribution is -0.117. The van der Waals surface area contributed by atoms with Gasteiger partial charge in [0.15, 0.2) is 0 Å². The van der Waals surface area contributed by atoms with Crippen LogP contribution in [0.4, 0.5) is 0 Å². The highest BCUT2D eigenvalue weighted by atomic mass is 127. The van der Waals surface area contributed by atoms with E-state index in [0.717, 1.165) is 9.13 Å². The molecule has 14 heavy (non-hydrogen) atoms. The van der Waals surface area contributed by atoms with Crippen LogP contribution in [-0.2, 0) is 11.2 Å². The van der Waals surface area contributed by atoms with E-state index in [-0.39, 0.29) is 10.7 Å². The summed E-state index contributed by atoms with van der Waals surface area (Å²) < 4.78 is 1.04. The third-order valence-corrected chi connectivity index (χ3v) is 3.74. The standard InChI is InChI=1S/C9H8BrClINO/c10-7(9(13)14)3-5-1-2-6(11)4-8(5)12/h1-2,4,7H,3H2,(H2,13,14). The van der Waals surface area contributed by atoms with Gasteiger partial charge in [-0.2, -0.15) is 0 Å². The van der Waals surface area contributed by atoms with Gasteiger partial charge in [0, 0.05) is 8.59 Å². The second-order valence-electron chi connectivity index (χ2n) is 2.81. The monoisotopic (exact) mass is 387 g/mol. The number of alkyl halides is 1. The molecular weight excluding hydrogens is 380 g/mol. The topological polar surface area (TPSA) is 43.1 Å². The summed E-state index contributed by atoms with van der Waals surface area (Å²) in [5, 5.41) is 0.698. The zero-order valence-electron chi connectivity index (χ0n) is 7.14. The molecule has 1 aromatic rings. The molecular formula is C9H8BrClINO. The molecule has 0 aliphatic heterocycles. The van der Waals surface area contributed by atoms with Crippen molar-refractivity contribution in [2.75, 3.05) is 0 Å². The average Bonchev–Trinajstić information content (AvgIpc) is 2.09. The Morgan fingerprint density at radius 3 is 2.79 bits per heavy atom. The van der Waals surface area contributed by atoms with E-state index in [4.69, 9.17) is 17.3 Å². The summed E-state index contributed by atoms with van der Waals surface area (Å²) in [6, 6.07) is 5.57. The second-order valence-corrected chi connectivity index (χ2v) is 5.51. The largest absolute Gasteiger partial charge is 0.369 e. The maximum Gasteiger partial charge on any atom is 0.231 e. The van der Waals surface area contributed by atoms with Crippen LogP contribution in [0, 0.1) is 3.57 Å². The van der Waals surface area contributed by atoms with E-state index in [1.807, 2.05) is 12.1 Å². The van der Waals surface area contributed by atoms with Crippen LogP contribution in [0.25, 0.3) is 0 Å². The van der Waals surface area contributed by atoms with Gasteiger partial charge >= 0.3 is 0 Å². The Labute approximate surface area is 109 Å². The molecule has 0 saturated carbocycles. The Hall–Kier alpha value is 0.190. The Morgan fingerprint density at radius 1 is 1.64 bits per heavy atom. The fourth-order valence-corrected chi connectivity index (χ4v) is 2.42. The Kier molecular flexibility index (Phi) is 4.66. The fraction of sp³-hybridized carbons (Fsp3) is 0.222. The molecule has 1 amide bonds. The number of carbonyl (C=O) groups is 1. The number of hydrogen-bond donors (Lipinski definition) is 1. The molecule has 0 fully saturated rings. The second kappa shape index (κ2) is 5.32. The maximum atomic E-state index is 10.8. The summed E-state index contributed by atoms with van der Waals surface area (Å²) in [6.45, 7) is 0. The van der Waals surface area contributed by atoms with E-state index in [0.29, 0.717) is 11.4 Å². The lowest BCUT2D eigenvalue weighted by Crippen LogP contribution is -2.25. The molecule has 0 radical (unpaired) electrons. The molecule has 1 atom stereocenters. The van der Waals surface area contributed by atoms with Gasteiger partial charge in [-0.25, -0.2) is 0 Å². The molecule has 5 heteroatoms. The number of hydrogen-bond acceptors (Lipinski definition) is 1. The Balaban J connectivity index is 2.82. The summed E-state index contributed by atoms with van der Waals surface area (Å²) in [6.07, 6.45) is 0.588. The quantitative estimate of drug-likeness (QED) is 0.628. The van der Waals surface area contributed by atoms with Gasteiger partial charge < -0.3 is 5.73 Å². The molecule has 2 nitrogen and oxygen atoms in total. The highest BCUT2D eigenvalue weighted by Crippen LogP contribution is 2.20. The van der Waals surface area contributed by atoms with E-state index in [1.54, 1.807) is 6.07 Å². The zero-order valence-corrected chi connectivity index (χ0v) is 11.6. The molecule has 2 N–H and O–H groups in total. The molecule has 1 unspecified atom stereocenters. The summed E-state index contributed by atoms with van der Waals surface area (Å²) in [4.78, 5) is 10.5. The number of halogens is 3. The normalized spacial score (nSPS) is 12.5. The molecule has 0 spiro atoms. The van der Waals surface area contributed by atoms with Crippen LogP contribution < -0.4 is 5.73 Å². The first-order valence-corrected chi connectivity index (χ1v) is 6.25. The van der Waals surface area contributed by atoms with Crippen molar-refractivity contribution in [1.29, 1.82) is 0 Å². The number of nitrogens with two attached hydrogens (primary N) is 1. The Morgan fingerprint density at radius 2 is 2.29 bits per heavy atom. The van der Waals surface area contributed by atoms with Gasteiger partial charge in [-0.15, -0.1) is 0 Å². The predicted octanol–water partition coefficient (Wildman–Crippen LogP) is 2.74. The highest BCUT2D eigenvalue weighted by Gasteiger charge is 2.13. The van der Waals surface area contributed by atoms with Crippen LogP contribution in [0.1, 0.15) is 5.56 Å². The molecule has 0 bridgehead atoms. The van der Waals surface area contributed by atoms with Crippen LogP contribution in [0.3, 0.4) is 0 Å². The molecule has 0 aliphatic rings. The first kappa shape index (κ1) is 12.3. The smallest absolute Gasteiger partial charge is 0.231 e. The first-order chi connectivity index (χ1) is 6.50. The van der Waals surface area contributed by atoms with Crippen molar-refractivity contribution in [3.05, 3.63) is 32.4 Å². The molecule has 1 aromatic carbocycles. The van der Waals surface area contributed by atoms with E-state index in [9.17, 15) is 4.79 Å². The van der Waals surface area contributed by atoms with E-state index in [1.165, 1.54) is 0 Å². The summed E-state index contributed by atoms with van der Waals surface area (Å²) in [5.41, 5.74) is 6.21. The van der Waals surface area contributed by atoms with Crippen LogP contribution in [0.5, 0.6) is 0 Å². The van der Waals surface area contributed by atoms with Crippen molar-refractivity contribution in [2.24, 2.45) is 5.73 Å². The molecule has 0 aliphatic carbocycles. The van der Waals surface area contributed by atoms with Gasteiger partial charge in [-0.1, -0.05) is 33.6 Å². The molecule has 76 valence electrons. The molecule has 0 aromatic heterocycles.